The highest BCUT2D eigenvalue weighted by molar-refractivity contribution is 9.10. The lowest BCUT2D eigenvalue weighted by molar-refractivity contribution is 0.168. The molecule has 2 aromatic rings. The van der Waals surface area contributed by atoms with Crippen molar-refractivity contribution < 1.29 is 9.53 Å². The van der Waals surface area contributed by atoms with E-state index in [0.717, 1.165) is 16.5 Å². The molecule has 0 saturated heterocycles. The molecule has 2 rings (SSSR count). The van der Waals surface area contributed by atoms with Gasteiger partial charge in [0.05, 0.1) is 13.2 Å². The highest BCUT2D eigenvalue weighted by atomic mass is 79.9. The monoisotopic (exact) mass is 371 g/mol. The number of benzene rings is 2. The number of carbonyl (C=O) groups is 1. The number of halogens is 1. The number of hydrogen-bond acceptors (Lipinski definition) is 2. The molecule has 2 aromatic carbocycles. The first-order valence-corrected chi connectivity index (χ1v) is 8.13. The molecule has 23 heavy (non-hydrogen) atoms. The number of methoxy groups -OCH3 is 1. The van der Waals surface area contributed by atoms with Crippen molar-refractivity contribution in [2.45, 2.75) is 18.9 Å². The van der Waals surface area contributed by atoms with Crippen LogP contribution in [0, 0.1) is 11.8 Å². The van der Waals surface area contributed by atoms with E-state index in [9.17, 15) is 4.79 Å². The van der Waals surface area contributed by atoms with E-state index in [0.29, 0.717) is 6.42 Å². The molecule has 0 spiro atoms. The summed E-state index contributed by atoms with van der Waals surface area (Å²) in [4.78, 5) is 11.5. The molecule has 0 heterocycles. The van der Waals surface area contributed by atoms with Gasteiger partial charge in [-0.3, -0.25) is 0 Å². The van der Waals surface area contributed by atoms with Crippen LogP contribution in [0.1, 0.15) is 17.5 Å². The molecule has 0 bridgehead atoms. The van der Waals surface area contributed by atoms with Crippen LogP contribution in [0.2, 0.25) is 0 Å². The van der Waals surface area contributed by atoms with Gasteiger partial charge in [0.25, 0.3) is 0 Å². The Kier molecular flexibility index (Phi) is 6.71. The van der Waals surface area contributed by atoms with Gasteiger partial charge in [0, 0.05) is 10.0 Å². The second-order valence-electron chi connectivity index (χ2n) is 4.95. The van der Waals surface area contributed by atoms with Crippen LogP contribution in [0.4, 0.5) is 4.79 Å². The predicted molar refractivity (Wildman–Crippen MR) is 95.1 cm³/mol. The van der Waals surface area contributed by atoms with E-state index in [1.165, 1.54) is 12.7 Å². The third-order valence-electron chi connectivity index (χ3n) is 3.30. The third-order valence-corrected chi connectivity index (χ3v) is 4.08. The Morgan fingerprint density at radius 2 is 1.87 bits per heavy atom. The molecule has 0 saturated carbocycles. The van der Waals surface area contributed by atoms with Crippen LogP contribution in [-0.2, 0) is 11.2 Å². The number of hydrogen-bond donors (Lipinski definition) is 1. The maximum Gasteiger partial charge on any atom is 0.407 e. The summed E-state index contributed by atoms with van der Waals surface area (Å²) in [5.41, 5.74) is 2.11. The van der Waals surface area contributed by atoms with Gasteiger partial charge < -0.3 is 10.1 Å². The molecule has 0 aliphatic carbocycles. The second-order valence-corrected chi connectivity index (χ2v) is 5.81. The van der Waals surface area contributed by atoms with Crippen molar-refractivity contribution in [2.24, 2.45) is 0 Å². The maximum atomic E-state index is 11.5. The van der Waals surface area contributed by atoms with E-state index < -0.39 is 6.09 Å². The first-order chi connectivity index (χ1) is 11.2. The minimum absolute atomic E-state index is 0.269. The summed E-state index contributed by atoms with van der Waals surface area (Å²) in [5.74, 6) is 6.21. The molecule has 0 fully saturated rings. The van der Waals surface area contributed by atoms with Crippen LogP contribution in [0.25, 0.3) is 0 Å². The zero-order chi connectivity index (χ0) is 16.5. The van der Waals surface area contributed by atoms with Crippen LogP contribution < -0.4 is 5.32 Å². The molecule has 1 amide bonds. The Bertz CT molecular complexity index is 704. The van der Waals surface area contributed by atoms with Crippen molar-refractivity contribution in [3.05, 3.63) is 70.2 Å². The van der Waals surface area contributed by atoms with E-state index >= 15 is 0 Å². The number of ether oxygens (including phenoxy) is 1. The Morgan fingerprint density at radius 3 is 2.57 bits per heavy atom. The van der Waals surface area contributed by atoms with Gasteiger partial charge in [-0.25, -0.2) is 4.79 Å². The molecule has 0 unspecified atom stereocenters. The van der Waals surface area contributed by atoms with E-state index in [-0.39, 0.29) is 6.04 Å². The fourth-order valence-electron chi connectivity index (χ4n) is 2.07. The van der Waals surface area contributed by atoms with Crippen molar-refractivity contribution in [3.8, 4) is 11.8 Å². The van der Waals surface area contributed by atoms with Crippen molar-refractivity contribution in [1.29, 1.82) is 0 Å². The first-order valence-electron chi connectivity index (χ1n) is 7.33. The summed E-state index contributed by atoms with van der Waals surface area (Å²) in [6.07, 6.45) is 1.04. The van der Waals surface area contributed by atoms with E-state index in [4.69, 9.17) is 0 Å². The average Bonchev–Trinajstić information content (AvgIpc) is 2.59. The molecule has 0 aliphatic heterocycles. The maximum absolute atomic E-state index is 11.5. The van der Waals surface area contributed by atoms with Gasteiger partial charge in [0.15, 0.2) is 0 Å². The molecule has 0 radical (unpaired) electrons. The van der Waals surface area contributed by atoms with E-state index in [1.54, 1.807) is 0 Å². The summed E-state index contributed by atoms with van der Waals surface area (Å²) in [6, 6.07) is 17.5. The second kappa shape index (κ2) is 9.02. The van der Waals surface area contributed by atoms with Crippen molar-refractivity contribution in [2.75, 3.05) is 7.11 Å². The largest absolute Gasteiger partial charge is 0.453 e. The molecule has 3 nitrogen and oxygen atoms in total. The number of aryl methyl sites for hydroxylation is 1. The van der Waals surface area contributed by atoms with E-state index in [1.807, 2.05) is 48.5 Å². The Hall–Kier alpha value is -2.25. The minimum atomic E-state index is -0.468. The lowest BCUT2D eigenvalue weighted by atomic mass is 10.1. The van der Waals surface area contributed by atoms with Gasteiger partial charge in [-0.1, -0.05) is 64.2 Å². The van der Waals surface area contributed by atoms with Crippen LogP contribution >= 0.6 is 15.9 Å². The average molecular weight is 372 g/mol. The van der Waals surface area contributed by atoms with Gasteiger partial charge >= 0.3 is 6.09 Å². The first kappa shape index (κ1) is 17.1. The van der Waals surface area contributed by atoms with Crippen molar-refractivity contribution in [1.82, 2.24) is 5.32 Å². The summed E-state index contributed by atoms with van der Waals surface area (Å²) < 4.78 is 5.74. The van der Waals surface area contributed by atoms with Crippen LogP contribution in [-0.4, -0.2) is 19.2 Å². The van der Waals surface area contributed by atoms with Gasteiger partial charge in [-0.2, -0.15) is 0 Å². The summed E-state index contributed by atoms with van der Waals surface area (Å²) in [6.45, 7) is 0. The van der Waals surface area contributed by atoms with Gasteiger partial charge in [0.1, 0.15) is 0 Å². The molecule has 4 heteroatoms. The fourth-order valence-corrected chi connectivity index (χ4v) is 2.56. The number of alkyl carbamates (subject to hydrolysis) is 1. The molecular formula is C19H18BrNO2. The molecule has 118 valence electrons. The molecular weight excluding hydrogens is 354 g/mol. The fraction of sp³-hybridized carbons (Fsp3) is 0.211. The summed E-state index contributed by atoms with van der Waals surface area (Å²) in [5, 5.41) is 2.78. The SMILES string of the molecule is COC(=O)N[C@@H](C#Cc1ccccc1)CCc1ccccc1Br. The third kappa shape index (κ3) is 5.80. The zero-order valence-corrected chi connectivity index (χ0v) is 14.5. The zero-order valence-electron chi connectivity index (χ0n) is 12.9. The molecule has 0 aromatic heterocycles. The number of rotatable bonds is 4. The Balaban J connectivity index is 2.07. The standard InChI is InChI=1S/C19H18BrNO2/c1-23-19(22)21-17(13-11-15-7-3-2-4-8-15)14-12-16-9-5-6-10-18(16)20/h2-10,17H,12,14H2,1H3,(H,21,22)/t17-/m0/s1. The van der Waals surface area contributed by atoms with Gasteiger partial charge in [0.2, 0.25) is 0 Å². The number of carbonyl (C=O) groups excluding carboxylic acids is 1. The summed E-state index contributed by atoms with van der Waals surface area (Å²) in [7, 11) is 1.35. The summed E-state index contributed by atoms with van der Waals surface area (Å²) >= 11 is 3.54. The number of nitrogens with one attached hydrogen (secondary N) is 1. The Morgan fingerprint density at radius 1 is 1.17 bits per heavy atom. The highest BCUT2D eigenvalue weighted by Gasteiger charge is 2.10. The van der Waals surface area contributed by atoms with Crippen molar-refractivity contribution in [3.63, 3.8) is 0 Å². The smallest absolute Gasteiger partial charge is 0.407 e. The van der Waals surface area contributed by atoms with Crippen LogP contribution in [0.5, 0.6) is 0 Å². The topological polar surface area (TPSA) is 38.3 Å². The normalized spacial score (nSPS) is 11.0. The van der Waals surface area contributed by atoms with Crippen LogP contribution in [0.15, 0.2) is 59.1 Å². The van der Waals surface area contributed by atoms with Gasteiger partial charge in [-0.15, -0.1) is 0 Å². The lowest BCUT2D eigenvalue weighted by Crippen LogP contribution is -2.34. The molecule has 0 aliphatic rings. The Labute approximate surface area is 145 Å². The number of amides is 1. The predicted octanol–water partition coefficient (Wildman–Crippen LogP) is 4.16. The molecule has 1 N–H and O–H groups in total. The minimum Gasteiger partial charge on any atom is -0.453 e. The van der Waals surface area contributed by atoms with Gasteiger partial charge in [-0.05, 0) is 36.6 Å². The molecule has 1 atom stereocenters. The van der Waals surface area contributed by atoms with Crippen LogP contribution in [0.3, 0.4) is 0 Å². The van der Waals surface area contributed by atoms with E-state index in [2.05, 4.69) is 43.9 Å². The quantitative estimate of drug-likeness (QED) is 0.819. The highest BCUT2D eigenvalue weighted by Crippen LogP contribution is 2.18. The lowest BCUT2D eigenvalue weighted by Gasteiger charge is -2.13. The van der Waals surface area contributed by atoms with Crippen molar-refractivity contribution >= 4 is 22.0 Å².